The quantitative estimate of drug-likeness (QED) is 0.752. The Morgan fingerprint density at radius 2 is 1.79 bits per heavy atom. The Hall–Kier alpha value is -0.470. The van der Waals surface area contributed by atoms with Crippen molar-refractivity contribution in [2.75, 3.05) is 0 Å². The van der Waals surface area contributed by atoms with Gasteiger partial charge in [0.05, 0.1) is 6.10 Å². The second kappa shape index (κ2) is 4.37. The van der Waals surface area contributed by atoms with Gasteiger partial charge in [0.15, 0.2) is 0 Å². The third-order valence-electron chi connectivity index (χ3n) is 1.79. The number of hydrogen-bond acceptors (Lipinski definition) is 2. The molecule has 0 unspecified atom stereocenters. The van der Waals surface area contributed by atoms with E-state index in [1.165, 1.54) is 4.90 Å². The lowest BCUT2D eigenvalue weighted by Gasteiger charge is -2.20. The molecule has 1 N–H and O–H groups in total. The Balaban J connectivity index is 2.96. The smallest absolute Gasteiger partial charge is 0.0772 e. The molecule has 0 saturated carbocycles. The van der Waals surface area contributed by atoms with Crippen LogP contribution in [-0.2, 0) is 0 Å². The lowest BCUT2D eigenvalue weighted by molar-refractivity contribution is 0.196. The monoisotopic (exact) mass is 210 g/mol. The Morgan fingerprint density at radius 1 is 1.21 bits per heavy atom. The van der Waals surface area contributed by atoms with Crippen LogP contribution in [0.3, 0.4) is 0 Å². The molecule has 0 heterocycles. The predicted octanol–water partition coefficient (Wildman–Crippen LogP) is 3.63. The average molecular weight is 210 g/mol. The lowest BCUT2D eigenvalue weighted by Crippen LogP contribution is -2.08. The van der Waals surface area contributed by atoms with Crippen molar-refractivity contribution < 1.29 is 5.11 Å². The van der Waals surface area contributed by atoms with Crippen molar-refractivity contribution in [3.63, 3.8) is 0 Å². The van der Waals surface area contributed by atoms with Gasteiger partial charge in [-0.2, -0.15) is 0 Å². The van der Waals surface area contributed by atoms with Crippen LogP contribution < -0.4 is 0 Å². The molecule has 0 amide bonds. The van der Waals surface area contributed by atoms with Gasteiger partial charge in [-0.1, -0.05) is 39.0 Å². The molecule has 78 valence electrons. The van der Waals surface area contributed by atoms with E-state index in [9.17, 15) is 5.11 Å². The number of aliphatic hydroxyl groups excluding tert-OH is 1. The highest BCUT2D eigenvalue weighted by molar-refractivity contribution is 8.00. The maximum absolute atomic E-state index is 9.59. The maximum Gasteiger partial charge on any atom is 0.0772 e. The van der Waals surface area contributed by atoms with Crippen molar-refractivity contribution in [3.05, 3.63) is 29.8 Å². The Bertz CT molecular complexity index is 299. The van der Waals surface area contributed by atoms with Gasteiger partial charge in [-0.05, 0) is 18.6 Å². The fourth-order valence-electron chi connectivity index (χ4n) is 1.25. The summed E-state index contributed by atoms with van der Waals surface area (Å²) in [5.74, 6) is 0. The molecule has 0 bridgehead atoms. The summed E-state index contributed by atoms with van der Waals surface area (Å²) in [4.78, 5) is 1.18. The Labute approximate surface area is 90.5 Å². The zero-order chi connectivity index (χ0) is 10.8. The summed E-state index contributed by atoms with van der Waals surface area (Å²) in [7, 11) is 0. The first-order chi connectivity index (χ1) is 6.40. The predicted molar refractivity (Wildman–Crippen MR) is 62.7 cm³/mol. The van der Waals surface area contributed by atoms with E-state index in [1.807, 2.05) is 25.1 Å². The molecule has 1 nitrogen and oxygen atoms in total. The van der Waals surface area contributed by atoms with E-state index >= 15 is 0 Å². The number of aliphatic hydroxyl groups is 1. The molecule has 2 heteroatoms. The zero-order valence-corrected chi connectivity index (χ0v) is 10.1. The van der Waals surface area contributed by atoms with E-state index in [-0.39, 0.29) is 10.9 Å². The second-order valence-corrected chi connectivity index (χ2v) is 6.30. The van der Waals surface area contributed by atoms with Gasteiger partial charge in [-0.15, -0.1) is 11.8 Å². The topological polar surface area (TPSA) is 20.2 Å². The first-order valence-electron chi connectivity index (χ1n) is 4.86. The Morgan fingerprint density at radius 3 is 2.29 bits per heavy atom. The third kappa shape index (κ3) is 3.35. The summed E-state index contributed by atoms with van der Waals surface area (Å²) in [6, 6.07) is 8.03. The van der Waals surface area contributed by atoms with Crippen LogP contribution in [0.2, 0.25) is 0 Å². The van der Waals surface area contributed by atoms with E-state index in [4.69, 9.17) is 0 Å². The minimum atomic E-state index is -0.388. The van der Waals surface area contributed by atoms with Crippen LogP contribution in [0, 0.1) is 0 Å². The maximum atomic E-state index is 9.59. The summed E-state index contributed by atoms with van der Waals surface area (Å²) >= 11 is 1.80. The van der Waals surface area contributed by atoms with Crippen molar-refractivity contribution in [1.82, 2.24) is 0 Å². The highest BCUT2D eigenvalue weighted by Gasteiger charge is 2.15. The second-order valence-electron chi connectivity index (χ2n) is 4.43. The van der Waals surface area contributed by atoms with Crippen molar-refractivity contribution in [3.8, 4) is 0 Å². The summed E-state index contributed by atoms with van der Waals surface area (Å²) in [5, 5.41) is 9.59. The van der Waals surface area contributed by atoms with E-state index in [2.05, 4.69) is 26.8 Å². The van der Waals surface area contributed by atoms with Crippen molar-refractivity contribution in [2.45, 2.75) is 43.4 Å². The van der Waals surface area contributed by atoms with Crippen LogP contribution in [-0.4, -0.2) is 9.85 Å². The van der Waals surface area contributed by atoms with Gasteiger partial charge in [0, 0.05) is 9.64 Å². The fourth-order valence-corrected chi connectivity index (χ4v) is 2.41. The molecular weight excluding hydrogens is 192 g/mol. The van der Waals surface area contributed by atoms with Crippen molar-refractivity contribution in [2.24, 2.45) is 0 Å². The molecule has 14 heavy (non-hydrogen) atoms. The third-order valence-corrected chi connectivity index (χ3v) is 2.99. The molecular formula is C12H18OS. The van der Waals surface area contributed by atoms with Crippen LogP contribution in [0.15, 0.2) is 29.2 Å². The molecule has 0 aliphatic heterocycles. The highest BCUT2D eigenvalue weighted by Crippen LogP contribution is 2.35. The highest BCUT2D eigenvalue weighted by atomic mass is 32.2. The zero-order valence-electron chi connectivity index (χ0n) is 9.24. The summed E-state index contributed by atoms with van der Waals surface area (Å²) in [6.07, 6.45) is -0.388. The van der Waals surface area contributed by atoms with Gasteiger partial charge in [0.2, 0.25) is 0 Å². The van der Waals surface area contributed by atoms with E-state index in [1.54, 1.807) is 11.8 Å². The number of thioether (sulfide) groups is 1. The molecule has 0 aliphatic rings. The largest absolute Gasteiger partial charge is 0.389 e. The van der Waals surface area contributed by atoms with E-state index in [0.717, 1.165) is 5.56 Å². The van der Waals surface area contributed by atoms with Gasteiger partial charge in [0.1, 0.15) is 0 Å². The normalized spacial score (nSPS) is 14.1. The van der Waals surface area contributed by atoms with Gasteiger partial charge < -0.3 is 5.11 Å². The average Bonchev–Trinajstić information content (AvgIpc) is 2.01. The molecule has 0 saturated heterocycles. The van der Waals surface area contributed by atoms with Gasteiger partial charge in [0.25, 0.3) is 0 Å². The molecule has 0 radical (unpaired) electrons. The number of rotatable bonds is 2. The van der Waals surface area contributed by atoms with Gasteiger partial charge in [-0.25, -0.2) is 0 Å². The van der Waals surface area contributed by atoms with Gasteiger partial charge >= 0.3 is 0 Å². The molecule has 0 fully saturated rings. The van der Waals surface area contributed by atoms with E-state index < -0.39 is 0 Å². The molecule has 0 aromatic heterocycles. The van der Waals surface area contributed by atoms with Crippen LogP contribution in [0.4, 0.5) is 0 Å². The molecule has 1 aromatic carbocycles. The SMILES string of the molecule is C[C@@H](O)c1ccccc1SC(C)(C)C. The van der Waals surface area contributed by atoms with Gasteiger partial charge in [-0.3, -0.25) is 0 Å². The molecule has 0 spiro atoms. The van der Waals surface area contributed by atoms with E-state index in [0.29, 0.717) is 0 Å². The van der Waals surface area contributed by atoms with Crippen LogP contribution >= 0.6 is 11.8 Å². The molecule has 1 atom stereocenters. The summed E-state index contributed by atoms with van der Waals surface area (Å²) in [6.45, 7) is 8.34. The summed E-state index contributed by atoms with van der Waals surface area (Å²) in [5.41, 5.74) is 1.02. The molecule has 0 aliphatic carbocycles. The van der Waals surface area contributed by atoms with Crippen LogP contribution in [0.5, 0.6) is 0 Å². The first kappa shape index (κ1) is 11.6. The molecule has 1 rings (SSSR count). The minimum absolute atomic E-state index is 0.186. The Kier molecular flexibility index (Phi) is 3.62. The fraction of sp³-hybridized carbons (Fsp3) is 0.500. The lowest BCUT2D eigenvalue weighted by atomic mass is 10.1. The standard InChI is InChI=1S/C12H18OS/c1-9(13)10-7-5-6-8-11(10)14-12(2,3)4/h5-9,13H,1-4H3/t9-/m1/s1. The first-order valence-corrected chi connectivity index (χ1v) is 5.68. The summed E-state index contributed by atoms with van der Waals surface area (Å²) < 4.78 is 0.186. The number of benzene rings is 1. The van der Waals surface area contributed by atoms with Crippen LogP contribution in [0.25, 0.3) is 0 Å². The minimum Gasteiger partial charge on any atom is -0.389 e. The van der Waals surface area contributed by atoms with Crippen molar-refractivity contribution >= 4 is 11.8 Å². The van der Waals surface area contributed by atoms with Crippen molar-refractivity contribution in [1.29, 1.82) is 0 Å². The van der Waals surface area contributed by atoms with Crippen LogP contribution in [0.1, 0.15) is 39.4 Å². The number of hydrogen-bond donors (Lipinski definition) is 1. The molecule has 1 aromatic rings.